The summed E-state index contributed by atoms with van der Waals surface area (Å²) in [6.45, 7) is 4.74. The number of halogens is 1. The fraction of sp³-hybridized carbons (Fsp3) is 0.647. The third-order valence-electron chi connectivity index (χ3n) is 5.32. The first kappa shape index (κ1) is 13.5. The van der Waals surface area contributed by atoms with Crippen molar-refractivity contribution in [1.82, 2.24) is 0 Å². The van der Waals surface area contributed by atoms with Gasteiger partial charge in [0.15, 0.2) is 0 Å². The summed E-state index contributed by atoms with van der Waals surface area (Å²) in [5.74, 6) is 0. The average Bonchev–Trinajstić information content (AvgIpc) is 2.88. The highest BCUT2D eigenvalue weighted by Crippen LogP contribution is 2.46. The van der Waals surface area contributed by atoms with E-state index in [0.717, 1.165) is 10.7 Å². The molecule has 1 aliphatic heterocycles. The Balaban J connectivity index is 1.69. The fourth-order valence-electron chi connectivity index (χ4n) is 3.89. The van der Waals surface area contributed by atoms with E-state index in [2.05, 4.69) is 46.0 Å². The molecule has 0 amide bonds. The topological polar surface area (TPSA) is 3.24 Å². The number of hydrogen-bond donors (Lipinski definition) is 0. The Morgan fingerprint density at radius 1 is 1.11 bits per heavy atom. The predicted octanol–water partition coefficient (Wildman–Crippen LogP) is 5.05. The van der Waals surface area contributed by atoms with Crippen LogP contribution in [0.25, 0.3) is 0 Å². The number of anilines is 1. The van der Waals surface area contributed by atoms with Crippen LogP contribution in [0.3, 0.4) is 0 Å². The number of hydrogen-bond acceptors (Lipinski definition) is 1. The Kier molecular flexibility index (Phi) is 3.88. The SMILES string of the molecule is Cc1cc(N2CCC3(CCCC3)CC2)ccc1CBr. The fourth-order valence-corrected chi connectivity index (χ4v) is 4.52. The van der Waals surface area contributed by atoms with Crippen molar-refractivity contribution in [2.75, 3.05) is 18.0 Å². The van der Waals surface area contributed by atoms with E-state index in [4.69, 9.17) is 0 Å². The maximum atomic E-state index is 3.56. The highest BCUT2D eigenvalue weighted by molar-refractivity contribution is 9.08. The van der Waals surface area contributed by atoms with Gasteiger partial charge in [0.05, 0.1) is 0 Å². The van der Waals surface area contributed by atoms with Gasteiger partial charge in [-0.05, 0) is 61.3 Å². The molecule has 0 atom stereocenters. The van der Waals surface area contributed by atoms with Crippen LogP contribution in [-0.4, -0.2) is 13.1 Å². The van der Waals surface area contributed by atoms with Crippen molar-refractivity contribution in [1.29, 1.82) is 0 Å². The molecule has 0 unspecified atom stereocenters. The van der Waals surface area contributed by atoms with Crippen LogP contribution in [-0.2, 0) is 5.33 Å². The first-order valence-electron chi connectivity index (χ1n) is 7.63. The van der Waals surface area contributed by atoms with Crippen LogP contribution >= 0.6 is 15.9 Å². The molecule has 1 aromatic carbocycles. The molecule has 0 radical (unpaired) electrons. The molecule has 1 aromatic rings. The lowest BCUT2D eigenvalue weighted by atomic mass is 9.77. The Morgan fingerprint density at radius 2 is 1.79 bits per heavy atom. The van der Waals surface area contributed by atoms with Crippen LogP contribution in [0.1, 0.15) is 49.7 Å². The Hall–Kier alpha value is -0.500. The highest BCUT2D eigenvalue weighted by atomic mass is 79.9. The molecular formula is C17H24BrN. The number of aryl methyl sites for hydroxylation is 1. The van der Waals surface area contributed by atoms with Crippen molar-refractivity contribution in [3.63, 3.8) is 0 Å². The lowest BCUT2D eigenvalue weighted by molar-refractivity contribution is 0.226. The minimum Gasteiger partial charge on any atom is -0.371 e. The van der Waals surface area contributed by atoms with Crippen LogP contribution in [0.5, 0.6) is 0 Å². The van der Waals surface area contributed by atoms with E-state index in [9.17, 15) is 0 Å². The second kappa shape index (κ2) is 5.47. The smallest absolute Gasteiger partial charge is 0.0369 e. The summed E-state index contributed by atoms with van der Waals surface area (Å²) < 4.78 is 0. The van der Waals surface area contributed by atoms with E-state index in [-0.39, 0.29) is 0 Å². The molecule has 104 valence electrons. The second-order valence-corrected chi connectivity index (χ2v) is 7.00. The summed E-state index contributed by atoms with van der Waals surface area (Å²) >= 11 is 3.56. The van der Waals surface area contributed by atoms with Crippen molar-refractivity contribution >= 4 is 21.6 Å². The number of benzene rings is 1. The van der Waals surface area contributed by atoms with Gasteiger partial charge in [-0.15, -0.1) is 0 Å². The molecule has 0 N–H and O–H groups in total. The summed E-state index contributed by atoms with van der Waals surface area (Å²) in [4.78, 5) is 2.59. The Labute approximate surface area is 125 Å². The third kappa shape index (κ3) is 2.69. The van der Waals surface area contributed by atoms with Gasteiger partial charge >= 0.3 is 0 Å². The molecule has 1 saturated carbocycles. The Morgan fingerprint density at radius 3 is 2.37 bits per heavy atom. The lowest BCUT2D eigenvalue weighted by Crippen LogP contribution is -2.38. The maximum absolute atomic E-state index is 3.56. The van der Waals surface area contributed by atoms with Gasteiger partial charge in [0.25, 0.3) is 0 Å². The molecule has 1 heterocycles. The molecule has 2 heteroatoms. The van der Waals surface area contributed by atoms with Gasteiger partial charge in [0, 0.05) is 24.1 Å². The molecular weight excluding hydrogens is 298 g/mol. The summed E-state index contributed by atoms with van der Waals surface area (Å²) in [5, 5.41) is 0.961. The first-order chi connectivity index (χ1) is 9.22. The van der Waals surface area contributed by atoms with Crippen molar-refractivity contribution in [3.8, 4) is 0 Å². The molecule has 1 spiro atoms. The van der Waals surface area contributed by atoms with E-state index in [1.54, 1.807) is 0 Å². The van der Waals surface area contributed by atoms with Gasteiger partial charge in [-0.3, -0.25) is 0 Å². The number of alkyl halides is 1. The highest BCUT2D eigenvalue weighted by Gasteiger charge is 2.36. The molecule has 1 nitrogen and oxygen atoms in total. The second-order valence-electron chi connectivity index (χ2n) is 6.44. The predicted molar refractivity (Wildman–Crippen MR) is 86.2 cm³/mol. The van der Waals surface area contributed by atoms with Crippen LogP contribution in [0, 0.1) is 12.3 Å². The average molecular weight is 322 g/mol. The maximum Gasteiger partial charge on any atom is 0.0369 e. The molecule has 1 saturated heterocycles. The first-order valence-corrected chi connectivity index (χ1v) is 8.75. The van der Waals surface area contributed by atoms with Gasteiger partial charge in [0.2, 0.25) is 0 Å². The van der Waals surface area contributed by atoms with Crippen LogP contribution in [0.4, 0.5) is 5.69 Å². The lowest BCUT2D eigenvalue weighted by Gasteiger charge is -2.40. The molecule has 3 rings (SSSR count). The van der Waals surface area contributed by atoms with Crippen molar-refractivity contribution in [2.24, 2.45) is 5.41 Å². The van der Waals surface area contributed by atoms with E-state index < -0.39 is 0 Å². The zero-order valence-corrected chi connectivity index (χ0v) is 13.5. The van der Waals surface area contributed by atoms with Gasteiger partial charge in [-0.25, -0.2) is 0 Å². The van der Waals surface area contributed by atoms with Gasteiger partial charge in [0.1, 0.15) is 0 Å². The summed E-state index contributed by atoms with van der Waals surface area (Å²) in [6.07, 6.45) is 8.74. The van der Waals surface area contributed by atoms with E-state index >= 15 is 0 Å². The molecule has 2 aliphatic rings. The van der Waals surface area contributed by atoms with Crippen molar-refractivity contribution < 1.29 is 0 Å². The van der Waals surface area contributed by atoms with Crippen LogP contribution < -0.4 is 4.90 Å². The summed E-state index contributed by atoms with van der Waals surface area (Å²) in [5.41, 5.74) is 4.97. The van der Waals surface area contributed by atoms with Crippen molar-refractivity contribution in [3.05, 3.63) is 29.3 Å². The minimum absolute atomic E-state index is 0.724. The van der Waals surface area contributed by atoms with Gasteiger partial charge in [-0.1, -0.05) is 34.8 Å². The minimum atomic E-state index is 0.724. The molecule has 0 bridgehead atoms. The van der Waals surface area contributed by atoms with E-state index in [1.807, 2.05) is 0 Å². The monoisotopic (exact) mass is 321 g/mol. The van der Waals surface area contributed by atoms with Gasteiger partial charge in [-0.2, -0.15) is 0 Å². The third-order valence-corrected chi connectivity index (χ3v) is 5.93. The standard InChI is InChI=1S/C17H24BrN/c1-14-12-16(5-4-15(14)13-18)19-10-8-17(9-11-19)6-2-3-7-17/h4-5,12H,2-3,6-11,13H2,1H3. The zero-order chi connectivity index (χ0) is 13.3. The molecule has 0 aromatic heterocycles. The van der Waals surface area contributed by atoms with E-state index in [1.165, 1.54) is 68.4 Å². The number of rotatable bonds is 2. The molecule has 1 aliphatic carbocycles. The normalized spacial score (nSPS) is 22.1. The molecule has 19 heavy (non-hydrogen) atoms. The molecule has 2 fully saturated rings. The largest absolute Gasteiger partial charge is 0.371 e. The quantitative estimate of drug-likeness (QED) is 0.689. The van der Waals surface area contributed by atoms with Crippen LogP contribution in [0.15, 0.2) is 18.2 Å². The summed E-state index contributed by atoms with van der Waals surface area (Å²) in [6, 6.07) is 6.94. The van der Waals surface area contributed by atoms with Gasteiger partial charge < -0.3 is 4.90 Å². The summed E-state index contributed by atoms with van der Waals surface area (Å²) in [7, 11) is 0. The number of nitrogens with zero attached hydrogens (tertiary/aromatic N) is 1. The number of piperidine rings is 1. The van der Waals surface area contributed by atoms with Crippen LogP contribution in [0.2, 0.25) is 0 Å². The Bertz CT molecular complexity index is 439. The zero-order valence-electron chi connectivity index (χ0n) is 11.9. The van der Waals surface area contributed by atoms with Crippen molar-refractivity contribution in [2.45, 2.75) is 50.8 Å². The van der Waals surface area contributed by atoms with E-state index in [0.29, 0.717) is 0 Å².